The van der Waals surface area contributed by atoms with Gasteiger partial charge in [-0.25, -0.2) is 4.79 Å². The van der Waals surface area contributed by atoms with Gasteiger partial charge >= 0.3 is 12.0 Å². The van der Waals surface area contributed by atoms with E-state index in [2.05, 4.69) is 22.1 Å². The second kappa shape index (κ2) is 15.7. The number of hydrogen-bond acceptors (Lipinski definition) is 7. The zero-order chi connectivity index (χ0) is 29.0. The molecule has 0 radical (unpaired) electrons. The predicted molar refractivity (Wildman–Crippen MR) is 156 cm³/mol. The Labute approximate surface area is 242 Å². The number of esters is 1. The van der Waals surface area contributed by atoms with E-state index in [9.17, 15) is 14.7 Å². The summed E-state index contributed by atoms with van der Waals surface area (Å²) in [6.07, 6.45) is 6.95. The van der Waals surface area contributed by atoms with Crippen LogP contribution in [0.5, 0.6) is 0 Å². The molecule has 2 amide bonds. The molecule has 1 aliphatic carbocycles. The molecule has 2 fully saturated rings. The van der Waals surface area contributed by atoms with Crippen LogP contribution >= 0.6 is 0 Å². The summed E-state index contributed by atoms with van der Waals surface area (Å²) < 4.78 is 17.9. The fraction of sp³-hybridized carbons (Fsp3) is 0.500. The number of ether oxygens (including phenoxy) is 3. The van der Waals surface area contributed by atoms with Crippen molar-refractivity contribution >= 4 is 12.0 Å². The molecule has 9 nitrogen and oxygen atoms in total. The van der Waals surface area contributed by atoms with Crippen LogP contribution in [0.4, 0.5) is 4.79 Å². The number of urea groups is 1. The average molecular weight is 566 g/mol. The lowest BCUT2D eigenvalue weighted by Gasteiger charge is -2.39. The van der Waals surface area contributed by atoms with Gasteiger partial charge in [-0.1, -0.05) is 67.4 Å². The van der Waals surface area contributed by atoms with Crippen LogP contribution in [0, 0.1) is 0 Å². The highest BCUT2D eigenvalue weighted by Gasteiger charge is 2.34. The van der Waals surface area contributed by atoms with Crippen LogP contribution in [-0.2, 0) is 32.2 Å². The number of aliphatic hydroxyl groups excluding tert-OH is 1. The summed E-state index contributed by atoms with van der Waals surface area (Å²) in [6, 6.07) is 15.8. The normalized spacial score (nSPS) is 21.0. The van der Waals surface area contributed by atoms with Crippen LogP contribution in [0.2, 0.25) is 0 Å². The molecule has 222 valence electrons. The first kappa shape index (κ1) is 30.7. The van der Waals surface area contributed by atoms with Gasteiger partial charge in [-0.3, -0.25) is 9.69 Å². The summed E-state index contributed by atoms with van der Waals surface area (Å²) in [5, 5.41) is 14.7. The molecule has 3 unspecified atom stereocenters. The molecule has 1 saturated carbocycles. The number of hydrogen-bond donors (Lipinski definition) is 3. The van der Waals surface area contributed by atoms with E-state index in [-0.39, 0.29) is 32.0 Å². The lowest BCUT2D eigenvalue weighted by molar-refractivity contribution is -0.253. The van der Waals surface area contributed by atoms with Crippen molar-refractivity contribution in [3.8, 4) is 0 Å². The number of nitrogens with one attached hydrogen (secondary N) is 2. The SMILES string of the molecule is C=CCN(CC1CC(c2ccc(CO)cc2)OC(c2ccc(CNC(=O)NCC(=O)OCC)cc2)O1)C1CCCC1. The second-order valence-corrected chi connectivity index (χ2v) is 10.6. The standard InChI is InChI=1S/C32H43N3O6/c1-3-17-35(27-7-5-6-8-27)21-28-18-29(25-13-11-24(22-36)12-14-25)41-31(40-28)26-15-9-23(10-16-26)19-33-32(38)34-20-30(37)39-4-2/h3,9-16,27-29,31,36H,1,4-8,17-22H2,2H3,(H2,33,34,38). The molecule has 2 aromatic carbocycles. The van der Waals surface area contributed by atoms with Gasteiger partial charge in [0.2, 0.25) is 0 Å². The largest absolute Gasteiger partial charge is 0.465 e. The van der Waals surface area contributed by atoms with Crippen LogP contribution < -0.4 is 10.6 Å². The van der Waals surface area contributed by atoms with E-state index in [4.69, 9.17) is 14.2 Å². The molecule has 2 aliphatic rings. The summed E-state index contributed by atoms with van der Waals surface area (Å²) in [5.41, 5.74) is 3.73. The van der Waals surface area contributed by atoms with Gasteiger partial charge in [0.05, 0.1) is 25.4 Å². The number of rotatable bonds is 13. The van der Waals surface area contributed by atoms with E-state index in [1.54, 1.807) is 6.92 Å². The zero-order valence-corrected chi connectivity index (χ0v) is 23.9. The summed E-state index contributed by atoms with van der Waals surface area (Å²) in [7, 11) is 0. The number of nitrogens with zero attached hydrogens (tertiary/aromatic N) is 1. The van der Waals surface area contributed by atoms with Crippen LogP contribution in [0.15, 0.2) is 61.2 Å². The first-order valence-corrected chi connectivity index (χ1v) is 14.6. The molecule has 3 N–H and O–H groups in total. The molecule has 3 atom stereocenters. The number of carbonyl (C=O) groups is 2. The van der Waals surface area contributed by atoms with Crippen molar-refractivity contribution < 1.29 is 28.9 Å². The molecule has 0 bridgehead atoms. The number of benzene rings is 2. The number of carbonyl (C=O) groups excluding carboxylic acids is 2. The van der Waals surface area contributed by atoms with Gasteiger partial charge in [0.15, 0.2) is 6.29 Å². The highest BCUT2D eigenvalue weighted by molar-refractivity contribution is 5.80. The predicted octanol–water partition coefficient (Wildman–Crippen LogP) is 4.52. The van der Waals surface area contributed by atoms with E-state index in [1.165, 1.54) is 25.7 Å². The topological polar surface area (TPSA) is 109 Å². The fourth-order valence-electron chi connectivity index (χ4n) is 5.50. The lowest BCUT2D eigenvalue weighted by Crippen LogP contribution is -2.43. The molecule has 41 heavy (non-hydrogen) atoms. The molecule has 2 aromatic rings. The third-order valence-corrected chi connectivity index (χ3v) is 7.66. The Morgan fingerprint density at radius 2 is 1.71 bits per heavy atom. The molecule has 1 aliphatic heterocycles. The van der Waals surface area contributed by atoms with Crippen molar-refractivity contribution in [3.05, 3.63) is 83.4 Å². The van der Waals surface area contributed by atoms with Crippen molar-refractivity contribution in [1.29, 1.82) is 0 Å². The smallest absolute Gasteiger partial charge is 0.325 e. The molecule has 1 heterocycles. The third kappa shape index (κ3) is 9.13. The highest BCUT2D eigenvalue weighted by Crippen LogP contribution is 2.38. The number of aliphatic hydroxyl groups is 1. The minimum atomic E-state index is -0.541. The lowest BCUT2D eigenvalue weighted by atomic mass is 9.99. The van der Waals surface area contributed by atoms with Crippen molar-refractivity contribution in [2.24, 2.45) is 0 Å². The van der Waals surface area contributed by atoms with Gasteiger partial charge in [0.1, 0.15) is 6.54 Å². The van der Waals surface area contributed by atoms with Gasteiger partial charge in [0.25, 0.3) is 0 Å². The zero-order valence-electron chi connectivity index (χ0n) is 23.9. The highest BCUT2D eigenvalue weighted by atomic mass is 16.7. The summed E-state index contributed by atoms with van der Waals surface area (Å²) in [5.74, 6) is -0.476. The minimum absolute atomic E-state index is 0.00628. The Morgan fingerprint density at radius 1 is 1.02 bits per heavy atom. The van der Waals surface area contributed by atoms with Crippen molar-refractivity contribution in [1.82, 2.24) is 15.5 Å². The molecular formula is C32H43N3O6. The molecule has 0 spiro atoms. The summed E-state index contributed by atoms with van der Waals surface area (Å²) in [6.45, 7) is 7.76. The Bertz CT molecular complexity index is 1120. The molecule has 1 saturated heterocycles. The summed E-state index contributed by atoms with van der Waals surface area (Å²) >= 11 is 0. The van der Waals surface area contributed by atoms with Gasteiger partial charge in [-0.05, 0) is 36.5 Å². The molecule has 4 rings (SSSR count). The maximum atomic E-state index is 12.0. The van der Waals surface area contributed by atoms with E-state index in [0.29, 0.717) is 12.6 Å². The van der Waals surface area contributed by atoms with Gasteiger partial charge in [-0.2, -0.15) is 0 Å². The van der Waals surface area contributed by atoms with Gasteiger partial charge in [-0.15, -0.1) is 6.58 Å². The minimum Gasteiger partial charge on any atom is -0.465 e. The Hall–Kier alpha value is -3.24. The first-order valence-electron chi connectivity index (χ1n) is 14.6. The van der Waals surface area contributed by atoms with Crippen LogP contribution in [0.25, 0.3) is 0 Å². The Kier molecular flexibility index (Phi) is 11.7. The summed E-state index contributed by atoms with van der Waals surface area (Å²) in [4.78, 5) is 26.0. The third-order valence-electron chi connectivity index (χ3n) is 7.66. The fourth-order valence-corrected chi connectivity index (χ4v) is 5.50. The maximum absolute atomic E-state index is 12.0. The van der Waals surface area contributed by atoms with E-state index >= 15 is 0 Å². The van der Waals surface area contributed by atoms with Gasteiger partial charge < -0.3 is 30.0 Å². The van der Waals surface area contributed by atoms with E-state index in [0.717, 1.165) is 41.8 Å². The maximum Gasteiger partial charge on any atom is 0.325 e. The average Bonchev–Trinajstić information content (AvgIpc) is 3.54. The van der Waals surface area contributed by atoms with E-state index < -0.39 is 18.3 Å². The van der Waals surface area contributed by atoms with Crippen LogP contribution in [0.3, 0.4) is 0 Å². The van der Waals surface area contributed by atoms with E-state index in [1.807, 2.05) is 54.6 Å². The van der Waals surface area contributed by atoms with Crippen molar-refractivity contribution in [3.63, 3.8) is 0 Å². The van der Waals surface area contributed by atoms with Crippen molar-refractivity contribution in [2.45, 2.75) is 76.7 Å². The molecular weight excluding hydrogens is 522 g/mol. The first-order chi connectivity index (χ1) is 20.0. The van der Waals surface area contributed by atoms with Gasteiger partial charge in [0, 0.05) is 37.7 Å². The molecule has 0 aromatic heterocycles. The second-order valence-electron chi connectivity index (χ2n) is 10.6. The quantitative estimate of drug-likeness (QED) is 0.242. The Balaban J connectivity index is 1.42. The molecule has 9 heteroatoms. The monoisotopic (exact) mass is 565 g/mol. The van der Waals surface area contributed by atoms with Crippen LogP contribution in [0.1, 0.15) is 73.7 Å². The van der Waals surface area contributed by atoms with Crippen molar-refractivity contribution in [2.75, 3.05) is 26.2 Å². The number of amides is 2. The Morgan fingerprint density at radius 3 is 2.37 bits per heavy atom. The van der Waals surface area contributed by atoms with Crippen LogP contribution in [-0.4, -0.2) is 60.4 Å².